The lowest BCUT2D eigenvalue weighted by atomic mass is 9.46. The van der Waals surface area contributed by atoms with Gasteiger partial charge in [0.2, 0.25) is 0 Å². The van der Waals surface area contributed by atoms with E-state index in [-0.39, 0.29) is 28.3 Å². The third-order valence-electron chi connectivity index (χ3n) is 9.61. The molecule has 1 heterocycles. The Morgan fingerprint density at radius 2 is 1.88 bits per heavy atom. The average Bonchev–Trinajstić information content (AvgIpc) is 3.05. The normalized spacial score (nSPS) is 45.7. The van der Waals surface area contributed by atoms with Crippen LogP contribution < -0.4 is 0 Å². The van der Waals surface area contributed by atoms with E-state index in [1.165, 1.54) is 5.57 Å². The Bertz CT molecular complexity index is 801. The first-order valence-corrected chi connectivity index (χ1v) is 15.9. The lowest BCUT2D eigenvalue weighted by Crippen LogP contribution is -2.67. The fraction of sp³-hybridized carbons (Fsp3) is 0.846. The molecule has 32 heavy (non-hydrogen) atoms. The SMILES string of the molecule is COC(OC)[C@H]1CC[C@]2(O[Si](C)(C)C)C3CC[C@]45CCC=C[C@]4(COCO5)C3=CC[C@]12C. The van der Waals surface area contributed by atoms with Crippen LogP contribution in [0.1, 0.15) is 51.9 Å². The number of methoxy groups -OCH3 is 2. The van der Waals surface area contributed by atoms with Gasteiger partial charge >= 0.3 is 0 Å². The summed E-state index contributed by atoms with van der Waals surface area (Å²) in [6.07, 6.45) is 14.7. The Kier molecular flexibility index (Phi) is 5.63. The van der Waals surface area contributed by atoms with Gasteiger partial charge in [0.05, 0.1) is 23.2 Å². The molecule has 0 aromatic heterocycles. The van der Waals surface area contributed by atoms with Crippen LogP contribution in [0.5, 0.6) is 0 Å². The fourth-order valence-electron chi connectivity index (χ4n) is 8.38. The zero-order valence-corrected chi connectivity index (χ0v) is 21.9. The van der Waals surface area contributed by atoms with Gasteiger partial charge in [0.1, 0.15) is 6.79 Å². The van der Waals surface area contributed by atoms with E-state index in [0.717, 1.165) is 51.6 Å². The molecule has 0 aromatic rings. The van der Waals surface area contributed by atoms with Crippen LogP contribution in [-0.2, 0) is 23.4 Å². The molecule has 6 atom stereocenters. The smallest absolute Gasteiger partial charge is 0.184 e. The van der Waals surface area contributed by atoms with Crippen molar-refractivity contribution in [1.82, 2.24) is 0 Å². The van der Waals surface area contributed by atoms with Crippen molar-refractivity contribution in [2.45, 2.75) is 89.0 Å². The molecule has 0 amide bonds. The number of hydrogen-bond donors (Lipinski definition) is 0. The van der Waals surface area contributed by atoms with Crippen molar-refractivity contribution in [2.75, 3.05) is 27.6 Å². The van der Waals surface area contributed by atoms with Crippen LogP contribution in [0.3, 0.4) is 0 Å². The first-order valence-electron chi connectivity index (χ1n) is 12.5. The highest BCUT2D eigenvalue weighted by Crippen LogP contribution is 2.70. The van der Waals surface area contributed by atoms with Crippen LogP contribution in [0.15, 0.2) is 23.8 Å². The molecule has 6 heteroatoms. The van der Waals surface area contributed by atoms with Gasteiger partial charge in [-0.2, -0.15) is 0 Å². The molecule has 0 radical (unpaired) electrons. The van der Waals surface area contributed by atoms with E-state index in [2.05, 4.69) is 44.8 Å². The van der Waals surface area contributed by atoms with Gasteiger partial charge in [-0.05, 0) is 64.6 Å². The molecule has 5 rings (SSSR count). The van der Waals surface area contributed by atoms with Crippen molar-refractivity contribution in [2.24, 2.45) is 22.7 Å². The van der Waals surface area contributed by atoms with E-state index in [0.29, 0.717) is 18.6 Å². The van der Waals surface area contributed by atoms with Gasteiger partial charge in [0.25, 0.3) is 0 Å². The van der Waals surface area contributed by atoms with Crippen molar-refractivity contribution >= 4 is 8.32 Å². The Balaban J connectivity index is 1.65. The van der Waals surface area contributed by atoms with Crippen LogP contribution in [0.4, 0.5) is 0 Å². The summed E-state index contributed by atoms with van der Waals surface area (Å²) in [5.74, 6) is 0.699. The van der Waals surface area contributed by atoms with Crippen molar-refractivity contribution in [3.63, 3.8) is 0 Å². The second-order valence-electron chi connectivity index (χ2n) is 12.0. The highest BCUT2D eigenvalue weighted by molar-refractivity contribution is 6.69. The third-order valence-corrected chi connectivity index (χ3v) is 10.6. The summed E-state index contributed by atoms with van der Waals surface area (Å²) in [5, 5.41) is 0. The zero-order valence-electron chi connectivity index (χ0n) is 20.9. The Labute approximate surface area is 195 Å². The summed E-state index contributed by atoms with van der Waals surface area (Å²) < 4.78 is 31.6. The van der Waals surface area contributed by atoms with E-state index in [1.807, 2.05) is 0 Å². The third kappa shape index (κ3) is 2.99. The summed E-state index contributed by atoms with van der Waals surface area (Å²) in [5.41, 5.74) is 1.05. The molecule has 5 nitrogen and oxygen atoms in total. The van der Waals surface area contributed by atoms with Crippen LogP contribution in [0.2, 0.25) is 19.6 Å². The fourth-order valence-corrected chi connectivity index (χ4v) is 9.95. The second kappa shape index (κ2) is 7.75. The topological polar surface area (TPSA) is 46.2 Å². The first-order chi connectivity index (χ1) is 15.2. The van der Waals surface area contributed by atoms with Gasteiger partial charge in [0, 0.05) is 31.5 Å². The Hall–Kier alpha value is -0.503. The van der Waals surface area contributed by atoms with Gasteiger partial charge in [-0.1, -0.05) is 30.7 Å². The number of hydrogen-bond acceptors (Lipinski definition) is 5. The lowest BCUT2D eigenvalue weighted by molar-refractivity contribution is -0.267. The Morgan fingerprint density at radius 1 is 1.09 bits per heavy atom. The maximum absolute atomic E-state index is 7.37. The van der Waals surface area contributed by atoms with E-state index in [1.54, 1.807) is 14.2 Å². The summed E-state index contributed by atoms with van der Waals surface area (Å²) >= 11 is 0. The minimum Gasteiger partial charge on any atom is -0.411 e. The molecule has 180 valence electrons. The van der Waals surface area contributed by atoms with Gasteiger partial charge < -0.3 is 23.4 Å². The molecular formula is C26H42O5Si. The quantitative estimate of drug-likeness (QED) is 0.310. The molecule has 0 bridgehead atoms. The van der Waals surface area contributed by atoms with Crippen LogP contribution in [0, 0.1) is 22.7 Å². The van der Waals surface area contributed by atoms with Crippen LogP contribution in [0.25, 0.3) is 0 Å². The summed E-state index contributed by atoms with van der Waals surface area (Å²) in [6.45, 7) is 10.6. The van der Waals surface area contributed by atoms with Crippen molar-refractivity contribution in [3.05, 3.63) is 23.8 Å². The average molecular weight is 463 g/mol. The predicted octanol–water partition coefficient (Wildman–Crippen LogP) is 5.43. The Morgan fingerprint density at radius 3 is 2.59 bits per heavy atom. The van der Waals surface area contributed by atoms with E-state index in [9.17, 15) is 0 Å². The van der Waals surface area contributed by atoms with E-state index >= 15 is 0 Å². The van der Waals surface area contributed by atoms with Crippen molar-refractivity contribution in [3.8, 4) is 0 Å². The highest BCUT2D eigenvalue weighted by Gasteiger charge is 2.71. The van der Waals surface area contributed by atoms with Crippen LogP contribution in [-0.4, -0.2) is 53.4 Å². The van der Waals surface area contributed by atoms with Gasteiger partial charge in [-0.3, -0.25) is 0 Å². The molecule has 1 saturated heterocycles. The number of rotatable bonds is 5. The maximum atomic E-state index is 7.37. The second-order valence-corrected chi connectivity index (χ2v) is 16.4. The van der Waals surface area contributed by atoms with Crippen LogP contribution >= 0.6 is 0 Å². The molecule has 0 N–H and O–H groups in total. The largest absolute Gasteiger partial charge is 0.411 e. The molecule has 5 aliphatic rings. The number of ether oxygens (including phenoxy) is 4. The summed E-state index contributed by atoms with van der Waals surface area (Å²) in [7, 11) is 1.72. The molecule has 0 aromatic carbocycles. The molecule has 2 saturated carbocycles. The minimum absolute atomic E-state index is 0.0243. The highest BCUT2D eigenvalue weighted by atomic mass is 28.4. The molecule has 1 aliphatic heterocycles. The van der Waals surface area contributed by atoms with Gasteiger partial charge in [0.15, 0.2) is 14.6 Å². The molecule has 4 aliphatic carbocycles. The summed E-state index contributed by atoms with van der Waals surface area (Å²) in [6, 6.07) is 0. The van der Waals surface area contributed by atoms with Gasteiger partial charge in [-0.25, -0.2) is 0 Å². The molecule has 0 spiro atoms. The van der Waals surface area contributed by atoms with Gasteiger partial charge in [-0.15, -0.1) is 0 Å². The first kappa shape index (κ1) is 23.2. The standard InChI is InChI=1S/C26H42O5Si/c1-23-14-9-19-20(10-15-25-13-8-7-12-24(19,25)17-29-18-30-25)26(23,31-32(4,5)6)16-11-21(23)22(27-2)28-3/h7,9,12,20-22H,8,10-11,13-18H2,1-6H3/t20?,21-,23-,24+,25-,26+/m1/s1. The summed E-state index contributed by atoms with van der Waals surface area (Å²) in [4.78, 5) is 0. The van der Waals surface area contributed by atoms with E-state index in [4.69, 9.17) is 23.4 Å². The molecule has 1 unspecified atom stereocenters. The number of fused-ring (bicyclic) bond motifs is 3. The molecular weight excluding hydrogens is 420 g/mol. The maximum Gasteiger partial charge on any atom is 0.184 e. The lowest BCUT2D eigenvalue weighted by Gasteiger charge is -2.65. The van der Waals surface area contributed by atoms with Crippen molar-refractivity contribution < 1.29 is 23.4 Å². The monoisotopic (exact) mass is 462 g/mol. The predicted molar refractivity (Wildman–Crippen MR) is 127 cm³/mol. The minimum atomic E-state index is -1.83. The number of allylic oxidation sites excluding steroid dienone is 2. The van der Waals surface area contributed by atoms with Crippen molar-refractivity contribution in [1.29, 1.82) is 0 Å². The zero-order chi connectivity index (χ0) is 22.8. The molecule has 3 fully saturated rings. The van der Waals surface area contributed by atoms with E-state index < -0.39 is 8.32 Å².